The minimum atomic E-state index is -0.467. The van der Waals surface area contributed by atoms with Crippen LogP contribution in [-0.2, 0) is 0 Å². The van der Waals surface area contributed by atoms with Crippen molar-refractivity contribution in [1.82, 2.24) is 10.2 Å². The van der Waals surface area contributed by atoms with Crippen LogP contribution in [0.3, 0.4) is 0 Å². The quantitative estimate of drug-likeness (QED) is 0.428. The Morgan fingerprint density at radius 1 is 1.38 bits per heavy atom. The maximum Gasteiger partial charge on any atom is 0.275 e. The Morgan fingerprint density at radius 2 is 2.10 bits per heavy atom. The molecule has 0 atom stereocenters. The number of aromatic nitrogens is 2. The topological polar surface area (TPSA) is 105 Å². The highest BCUT2D eigenvalue weighted by Gasteiger charge is 2.07. The van der Waals surface area contributed by atoms with E-state index in [1.165, 1.54) is 6.07 Å². The fourth-order valence-electron chi connectivity index (χ4n) is 1.81. The Kier molecular flexibility index (Phi) is 4.71. The van der Waals surface area contributed by atoms with E-state index in [0.29, 0.717) is 12.3 Å². The lowest BCUT2D eigenvalue weighted by Crippen LogP contribution is -2.24. The van der Waals surface area contributed by atoms with Gasteiger partial charge in [-0.25, -0.2) is 5.10 Å². The average molecular weight is 286 g/mol. The molecule has 0 bridgehead atoms. The SMILES string of the molecule is CCCCOc1ccc(-c2cc(C(=N)N)c(=O)[nH]n2)cc1. The molecular weight excluding hydrogens is 268 g/mol. The van der Waals surface area contributed by atoms with Gasteiger partial charge in [0, 0.05) is 5.56 Å². The average Bonchev–Trinajstić information content (AvgIpc) is 2.48. The molecular formula is C15H18N4O2. The lowest BCUT2D eigenvalue weighted by Gasteiger charge is -2.07. The number of H-pyrrole nitrogens is 1. The lowest BCUT2D eigenvalue weighted by molar-refractivity contribution is 0.309. The van der Waals surface area contributed by atoms with Crippen LogP contribution in [0, 0.1) is 5.41 Å². The zero-order chi connectivity index (χ0) is 15.2. The fraction of sp³-hybridized carbons (Fsp3) is 0.267. The van der Waals surface area contributed by atoms with Gasteiger partial charge in [0.05, 0.1) is 17.9 Å². The molecule has 4 N–H and O–H groups in total. The molecule has 2 rings (SSSR count). The number of nitrogen functional groups attached to an aromatic ring is 1. The highest BCUT2D eigenvalue weighted by Crippen LogP contribution is 2.20. The Bertz CT molecular complexity index is 677. The van der Waals surface area contributed by atoms with E-state index in [2.05, 4.69) is 17.1 Å². The van der Waals surface area contributed by atoms with Crippen molar-refractivity contribution >= 4 is 5.84 Å². The molecule has 0 aliphatic heterocycles. The van der Waals surface area contributed by atoms with Crippen LogP contribution >= 0.6 is 0 Å². The molecule has 1 heterocycles. The number of ether oxygens (including phenoxy) is 1. The Balaban J connectivity index is 2.20. The molecule has 0 unspecified atom stereocenters. The van der Waals surface area contributed by atoms with Crippen LogP contribution in [0.4, 0.5) is 0 Å². The number of hydrogen-bond donors (Lipinski definition) is 3. The summed E-state index contributed by atoms with van der Waals surface area (Å²) in [6.45, 7) is 2.81. The van der Waals surface area contributed by atoms with Gasteiger partial charge < -0.3 is 10.5 Å². The van der Waals surface area contributed by atoms with E-state index in [9.17, 15) is 4.79 Å². The van der Waals surface area contributed by atoms with Gasteiger partial charge in [0.1, 0.15) is 11.6 Å². The number of benzene rings is 1. The largest absolute Gasteiger partial charge is 0.494 e. The molecule has 0 aliphatic rings. The number of nitrogens with zero attached hydrogens (tertiary/aromatic N) is 1. The summed E-state index contributed by atoms with van der Waals surface area (Å²) in [6, 6.07) is 8.92. The second-order valence-electron chi connectivity index (χ2n) is 4.64. The molecule has 21 heavy (non-hydrogen) atoms. The first-order chi connectivity index (χ1) is 10.1. The molecule has 0 spiro atoms. The van der Waals surface area contributed by atoms with E-state index in [0.717, 1.165) is 24.2 Å². The van der Waals surface area contributed by atoms with Crippen molar-refractivity contribution in [2.75, 3.05) is 6.61 Å². The maximum atomic E-state index is 11.5. The fourth-order valence-corrected chi connectivity index (χ4v) is 1.81. The number of hydrogen-bond acceptors (Lipinski definition) is 4. The van der Waals surface area contributed by atoms with Gasteiger partial charge in [-0.3, -0.25) is 10.2 Å². The Morgan fingerprint density at radius 3 is 2.71 bits per heavy atom. The maximum absolute atomic E-state index is 11.5. The number of unbranched alkanes of at least 4 members (excludes halogenated alkanes) is 1. The smallest absolute Gasteiger partial charge is 0.275 e. The number of aromatic amines is 1. The van der Waals surface area contributed by atoms with Crippen molar-refractivity contribution in [2.45, 2.75) is 19.8 Å². The van der Waals surface area contributed by atoms with Crippen LogP contribution in [0.5, 0.6) is 5.75 Å². The van der Waals surface area contributed by atoms with Gasteiger partial charge in [-0.2, -0.15) is 5.10 Å². The summed E-state index contributed by atoms with van der Waals surface area (Å²) in [4.78, 5) is 11.5. The third-order valence-electron chi connectivity index (χ3n) is 3.01. The van der Waals surface area contributed by atoms with Crippen molar-refractivity contribution in [3.05, 3.63) is 46.2 Å². The van der Waals surface area contributed by atoms with Gasteiger partial charge in [-0.05, 0) is 36.8 Å². The number of nitrogens with one attached hydrogen (secondary N) is 2. The van der Waals surface area contributed by atoms with Crippen LogP contribution in [0.2, 0.25) is 0 Å². The van der Waals surface area contributed by atoms with Gasteiger partial charge in [0.2, 0.25) is 0 Å². The molecule has 1 aromatic heterocycles. The molecule has 110 valence electrons. The summed E-state index contributed by atoms with van der Waals surface area (Å²) < 4.78 is 5.59. The van der Waals surface area contributed by atoms with Crippen molar-refractivity contribution in [3.63, 3.8) is 0 Å². The normalized spacial score (nSPS) is 10.3. The summed E-state index contributed by atoms with van der Waals surface area (Å²) in [5.41, 5.74) is 6.39. The summed E-state index contributed by atoms with van der Waals surface area (Å²) in [5.74, 6) is 0.517. The molecule has 1 aromatic carbocycles. The Hall–Kier alpha value is -2.63. The third kappa shape index (κ3) is 3.68. The van der Waals surface area contributed by atoms with Crippen molar-refractivity contribution in [3.8, 4) is 17.0 Å². The molecule has 0 saturated heterocycles. The summed E-state index contributed by atoms with van der Waals surface area (Å²) in [6.07, 6.45) is 2.11. The van der Waals surface area contributed by atoms with Crippen LogP contribution < -0.4 is 16.0 Å². The monoisotopic (exact) mass is 286 g/mol. The van der Waals surface area contributed by atoms with E-state index in [4.69, 9.17) is 15.9 Å². The molecule has 2 aromatic rings. The van der Waals surface area contributed by atoms with Crippen LogP contribution in [0.1, 0.15) is 25.3 Å². The highest BCUT2D eigenvalue weighted by atomic mass is 16.5. The second kappa shape index (κ2) is 6.69. The van der Waals surface area contributed by atoms with Crippen molar-refractivity contribution in [1.29, 1.82) is 5.41 Å². The number of rotatable bonds is 6. The van der Waals surface area contributed by atoms with Crippen LogP contribution in [0.15, 0.2) is 35.1 Å². The minimum absolute atomic E-state index is 0.114. The number of amidine groups is 1. The Labute approximate surface area is 122 Å². The van der Waals surface area contributed by atoms with E-state index in [1.807, 2.05) is 24.3 Å². The van der Waals surface area contributed by atoms with E-state index in [1.54, 1.807) is 0 Å². The van der Waals surface area contributed by atoms with E-state index >= 15 is 0 Å². The highest BCUT2D eigenvalue weighted by molar-refractivity contribution is 5.95. The zero-order valence-corrected chi connectivity index (χ0v) is 11.8. The predicted molar refractivity (Wildman–Crippen MR) is 81.7 cm³/mol. The first-order valence-corrected chi connectivity index (χ1v) is 6.79. The minimum Gasteiger partial charge on any atom is -0.494 e. The first-order valence-electron chi connectivity index (χ1n) is 6.79. The molecule has 0 amide bonds. The molecule has 0 aliphatic carbocycles. The van der Waals surface area contributed by atoms with Crippen molar-refractivity contribution in [2.24, 2.45) is 5.73 Å². The first kappa shape index (κ1) is 14.8. The second-order valence-corrected chi connectivity index (χ2v) is 4.64. The predicted octanol–water partition coefficient (Wildman–Crippen LogP) is 1.90. The summed E-state index contributed by atoms with van der Waals surface area (Å²) in [7, 11) is 0. The summed E-state index contributed by atoms with van der Waals surface area (Å²) >= 11 is 0. The van der Waals surface area contributed by atoms with Gasteiger partial charge in [0.25, 0.3) is 5.56 Å². The van der Waals surface area contributed by atoms with E-state index in [-0.39, 0.29) is 11.4 Å². The van der Waals surface area contributed by atoms with Crippen LogP contribution in [0.25, 0.3) is 11.3 Å². The zero-order valence-electron chi connectivity index (χ0n) is 11.8. The van der Waals surface area contributed by atoms with Crippen molar-refractivity contribution < 1.29 is 4.74 Å². The summed E-state index contributed by atoms with van der Waals surface area (Å²) in [5, 5.41) is 13.7. The van der Waals surface area contributed by atoms with Gasteiger partial charge in [0.15, 0.2) is 0 Å². The molecule has 6 heteroatoms. The van der Waals surface area contributed by atoms with Gasteiger partial charge in [-0.1, -0.05) is 13.3 Å². The molecule has 0 saturated carbocycles. The van der Waals surface area contributed by atoms with Gasteiger partial charge >= 0.3 is 0 Å². The standard InChI is InChI=1S/C15H18N4O2/c1-2-3-8-21-11-6-4-10(5-7-11)13-9-12(14(16)17)15(20)19-18-13/h4-7,9H,2-3,8H2,1H3,(H3,16,17)(H,19,20). The molecule has 6 nitrogen and oxygen atoms in total. The number of nitrogens with two attached hydrogens (primary N) is 1. The molecule has 0 fully saturated rings. The molecule has 0 radical (unpaired) electrons. The van der Waals surface area contributed by atoms with Gasteiger partial charge in [-0.15, -0.1) is 0 Å². The van der Waals surface area contributed by atoms with E-state index < -0.39 is 5.56 Å². The lowest BCUT2D eigenvalue weighted by atomic mass is 10.1. The van der Waals surface area contributed by atoms with Crippen LogP contribution in [-0.4, -0.2) is 22.6 Å². The third-order valence-corrected chi connectivity index (χ3v) is 3.01.